The lowest BCUT2D eigenvalue weighted by molar-refractivity contribution is -0.121. The van der Waals surface area contributed by atoms with E-state index in [0.29, 0.717) is 21.3 Å². The summed E-state index contributed by atoms with van der Waals surface area (Å²) in [4.78, 5) is 24.2. The van der Waals surface area contributed by atoms with Crippen molar-refractivity contribution in [3.8, 4) is 5.69 Å². The number of hydrazone groups is 1. The van der Waals surface area contributed by atoms with Crippen LogP contribution in [0.15, 0.2) is 88.9 Å². The lowest BCUT2D eigenvalue weighted by Crippen LogP contribution is -2.39. The summed E-state index contributed by atoms with van der Waals surface area (Å²) in [6.45, 7) is 4.68. The second-order valence-corrected chi connectivity index (χ2v) is 12.4. The summed E-state index contributed by atoms with van der Waals surface area (Å²) in [5.41, 5.74) is 6.90. The molecule has 0 radical (unpaired) electrons. The molecule has 0 aliphatic rings. The van der Waals surface area contributed by atoms with Crippen LogP contribution in [0.3, 0.4) is 0 Å². The summed E-state index contributed by atoms with van der Waals surface area (Å²) in [6.07, 6.45) is 1.50. The fourth-order valence-corrected chi connectivity index (χ4v) is 6.33. The number of rotatable bonds is 10. The molecule has 0 bridgehead atoms. The molecule has 12 heteroatoms. The zero-order valence-electron chi connectivity index (χ0n) is 23.1. The van der Waals surface area contributed by atoms with E-state index < -0.39 is 22.5 Å². The first-order valence-electron chi connectivity index (χ1n) is 12.8. The maximum atomic E-state index is 13.6. The van der Waals surface area contributed by atoms with Gasteiger partial charge in [0, 0.05) is 51.8 Å². The van der Waals surface area contributed by atoms with E-state index in [1.165, 1.54) is 37.4 Å². The largest absolute Gasteiger partial charge is 0.326 e. The maximum absolute atomic E-state index is 13.6. The molecule has 0 atom stereocenters. The smallest absolute Gasteiger partial charge is 0.255 e. The monoisotopic (exact) mass is 625 g/mol. The molecule has 2 N–H and O–H groups in total. The van der Waals surface area contributed by atoms with Crippen molar-refractivity contribution >= 4 is 56.9 Å². The normalized spacial score (nSPS) is 11.7. The highest BCUT2D eigenvalue weighted by Gasteiger charge is 2.27. The second kappa shape index (κ2) is 13.3. The van der Waals surface area contributed by atoms with E-state index >= 15 is 0 Å². The predicted molar refractivity (Wildman–Crippen MR) is 166 cm³/mol. The zero-order valence-corrected chi connectivity index (χ0v) is 25.5. The molecule has 1 aromatic heterocycles. The third kappa shape index (κ3) is 7.65. The Balaban J connectivity index is 1.52. The van der Waals surface area contributed by atoms with Crippen molar-refractivity contribution in [2.24, 2.45) is 5.10 Å². The van der Waals surface area contributed by atoms with Crippen LogP contribution in [0.1, 0.15) is 29.4 Å². The maximum Gasteiger partial charge on any atom is 0.255 e. The Labute approximate surface area is 254 Å². The van der Waals surface area contributed by atoms with Gasteiger partial charge in [0.2, 0.25) is 15.9 Å². The summed E-state index contributed by atoms with van der Waals surface area (Å²) >= 11 is 12.4. The van der Waals surface area contributed by atoms with Crippen molar-refractivity contribution < 1.29 is 18.0 Å². The topological polar surface area (TPSA) is 113 Å². The molecule has 3 aromatic carbocycles. The molecule has 9 nitrogen and oxygen atoms in total. The van der Waals surface area contributed by atoms with Gasteiger partial charge in [0.15, 0.2) is 0 Å². The van der Waals surface area contributed by atoms with E-state index in [1.807, 2.05) is 30.5 Å². The van der Waals surface area contributed by atoms with Crippen LogP contribution < -0.4 is 10.7 Å². The molecule has 0 fully saturated rings. The first-order valence-corrected chi connectivity index (χ1v) is 15.0. The minimum absolute atomic E-state index is 0.0163. The number of anilines is 1. The number of halogens is 2. The average molecular weight is 627 g/mol. The Morgan fingerprint density at radius 3 is 2.21 bits per heavy atom. The number of aryl methyl sites for hydroxylation is 1. The zero-order chi connectivity index (χ0) is 30.4. The van der Waals surface area contributed by atoms with Crippen molar-refractivity contribution in [2.75, 3.05) is 11.9 Å². The van der Waals surface area contributed by atoms with E-state index in [-0.39, 0.29) is 17.3 Å². The number of hydrogen-bond donors (Lipinski definition) is 2. The number of amides is 2. The second-order valence-electron chi connectivity index (χ2n) is 9.55. The molecular formula is C30H29Cl2N5O4S. The van der Waals surface area contributed by atoms with Gasteiger partial charge in [-0.15, -0.1) is 0 Å². The first kappa shape index (κ1) is 31.0. The molecule has 0 aliphatic carbocycles. The van der Waals surface area contributed by atoms with Gasteiger partial charge >= 0.3 is 0 Å². The SMILES string of the molecule is CC(=O)Nc1ccc(S(=O)(=O)N(CC(=O)N/N=C/c2cc(C)n(-c3cc(Cl)cc(Cl)c3)c2C)Cc2ccccc2)cc1. The number of aromatic nitrogens is 1. The molecule has 0 spiro atoms. The number of carbonyl (C=O) groups excluding carboxylic acids is 2. The van der Waals surface area contributed by atoms with E-state index in [1.54, 1.807) is 42.5 Å². The molecule has 0 saturated heterocycles. The van der Waals surface area contributed by atoms with E-state index in [2.05, 4.69) is 15.8 Å². The molecule has 4 aromatic rings. The van der Waals surface area contributed by atoms with Crippen molar-refractivity contribution in [3.05, 3.63) is 111 Å². The van der Waals surface area contributed by atoms with E-state index in [9.17, 15) is 18.0 Å². The lowest BCUT2D eigenvalue weighted by Gasteiger charge is -2.21. The number of carbonyl (C=O) groups is 2. The van der Waals surface area contributed by atoms with Gasteiger partial charge in [0.1, 0.15) is 0 Å². The van der Waals surface area contributed by atoms with E-state index in [4.69, 9.17) is 23.2 Å². The van der Waals surface area contributed by atoms with Gasteiger partial charge in [0.25, 0.3) is 5.91 Å². The summed E-state index contributed by atoms with van der Waals surface area (Å²) in [6, 6.07) is 21.9. The molecule has 0 aliphatic heterocycles. The summed E-state index contributed by atoms with van der Waals surface area (Å²) in [5, 5.41) is 7.70. The number of sulfonamides is 1. The Bertz CT molecular complexity index is 1720. The molecular weight excluding hydrogens is 597 g/mol. The van der Waals surface area contributed by atoms with Crippen molar-refractivity contribution in [2.45, 2.75) is 32.2 Å². The average Bonchev–Trinajstić information content (AvgIpc) is 3.20. The Hall–Kier alpha value is -3.96. The predicted octanol–water partition coefficient (Wildman–Crippen LogP) is 5.70. The Morgan fingerprint density at radius 1 is 0.952 bits per heavy atom. The van der Waals surface area contributed by atoms with Crippen molar-refractivity contribution in [1.29, 1.82) is 0 Å². The number of nitrogens with zero attached hydrogens (tertiary/aromatic N) is 3. The molecule has 2 amide bonds. The molecule has 0 unspecified atom stereocenters. The number of benzene rings is 3. The van der Waals surface area contributed by atoms with Crippen LogP contribution >= 0.6 is 23.2 Å². The number of hydrogen-bond acceptors (Lipinski definition) is 5. The standard InChI is InChI=1S/C30H29Cl2N5O4S/c1-20-13-24(21(2)37(20)28-15-25(31)14-26(32)16-28)17-33-35-30(39)19-36(18-23-7-5-4-6-8-23)42(40,41)29-11-9-27(10-12-29)34-22(3)38/h4-17H,18-19H2,1-3H3,(H,34,38)(H,35,39)/b33-17+. The molecule has 42 heavy (non-hydrogen) atoms. The molecule has 4 rings (SSSR count). The van der Waals surface area contributed by atoms with Crippen LogP contribution in [0, 0.1) is 13.8 Å². The van der Waals surface area contributed by atoms with Crippen molar-refractivity contribution in [3.63, 3.8) is 0 Å². The highest BCUT2D eigenvalue weighted by Crippen LogP contribution is 2.26. The Morgan fingerprint density at radius 2 is 1.60 bits per heavy atom. The third-order valence-electron chi connectivity index (χ3n) is 6.30. The van der Waals surface area contributed by atoms with Gasteiger partial charge in [-0.1, -0.05) is 53.5 Å². The van der Waals surface area contributed by atoms with Crippen LogP contribution in [-0.2, 0) is 26.2 Å². The lowest BCUT2D eigenvalue weighted by atomic mass is 10.2. The number of nitrogens with one attached hydrogen (secondary N) is 2. The minimum atomic E-state index is -4.08. The fourth-order valence-electron chi connectivity index (χ4n) is 4.43. The highest BCUT2D eigenvalue weighted by molar-refractivity contribution is 7.89. The van der Waals surface area contributed by atoms with Gasteiger partial charge in [-0.25, -0.2) is 13.8 Å². The van der Waals surface area contributed by atoms with Crippen LogP contribution in [0.2, 0.25) is 10.0 Å². The van der Waals surface area contributed by atoms with Crippen LogP contribution in [0.4, 0.5) is 5.69 Å². The van der Waals surface area contributed by atoms with Gasteiger partial charge in [0.05, 0.1) is 17.7 Å². The van der Waals surface area contributed by atoms with Crippen LogP contribution in [0.25, 0.3) is 5.69 Å². The van der Waals surface area contributed by atoms with Gasteiger partial charge in [-0.05, 0) is 67.9 Å². The van der Waals surface area contributed by atoms with E-state index in [0.717, 1.165) is 26.9 Å². The first-order chi connectivity index (χ1) is 19.9. The van der Waals surface area contributed by atoms with Gasteiger partial charge in [-0.3, -0.25) is 9.59 Å². The Kier molecular flexibility index (Phi) is 9.85. The summed E-state index contributed by atoms with van der Waals surface area (Å²) in [7, 11) is -4.08. The van der Waals surface area contributed by atoms with Crippen molar-refractivity contribution in [1.82, 2.24) is 14.3 Å². The summed E-state index contributed by atoms with van der Waals surface area (Å²) < 4.78 is 30.2. The quantitative estimate of drug-likeness (QED) is 0.174. The molecule has 0 saturated carbocycles. The molecule has 1 heterocycles. The fraction of sp³-hybridized carbons (Fsp3) is 0.167. The van der Waals surface area contributed by atoms with Gasteiger partial charge < -0.3 is 9.88 Å². The highest BCUT2D eigenvalue weighted by atomic mass is 35.5. The summed E-state index contributed by atoms with van der Waals surface area (Å²) in [5.74, 6) is -0.889. The van der Waals surface area contributed by atoms with Gasteiger partial charge in [-0.2, -0.15) is 9.41 Å². The van der Waals surface area contributed by atoms with Crippen LogP contribution in [0.5, 0.6) is 0 Å². The van der Waals surface area contributed by atoms with Crippen LogP contribution in [-0.4, -0.2) is 41.9 Å². The molecule has 218 valence electrons. The minimum Gasteiger partial charge on any atom is -0.326 e. The third-order valence-corrected chi connectivity index (χ3v) is 8.55.